The predicted octanol–water partition coefficient (Wildman–Crippen LogP) is 3.99. The summed E-state index contributed by atoms with van der Waals surface area (Å²) >= 11 is 12.4. The van der Waals surface area contributed by atoms with Crippen LogP contribution in [0.25, 0.3) is 11.3 Å². The first-order chi connectivity index (χ1) is 13.9. The highest BCUT2D eigenvalue weighted by Crippen LogP contribution is 2.36. The fourth-order valence-electron chi connectivity index (χ4n) is 2.81. The Kier molecular flexibility index (Phi) is 6.64. The summed E-state index contributed by atoms with van der Waals surface area (Å²) in [5.41, 5.74) is 7.88. The van der Waals surface area contributed by atoms with Crippen LogP contribution >= 0.6 is 23.2 Å². The Hall–Kier alpha value is -2.74. The van der Waals surface area contributed by atoms with Crippen LogP contribution in [0.4, 0.5) is 5.69 Å². The van der Waals surface area contributed by atoms with E-state index in [1.54, 1.807) is 54.3 Å². The average Bonchev–Trinajstić information content (AvgIpc) is 3.04. The second-order valence-electron chi connectivity index (χ2n) is 6.12. The highest BCUT2D eigenvalue weighted by atomic mass is 35.5. The number of aromatic nitrogens is 2. The lowest BCUT2D eigenvalue weighted by molar-refractivity contribution is 0.102. The molecule has 0 unspecified atom stereocenters. The third kappa shape index (κ3) is 4.64. The quantitative estimate of drug-likeness (QED) is 0.586. The predicted molar refractivity (Wildman–Crippen MR) is 114 cm³/mol. The lowest BCUT2D eigenvalue weighted by Gasteiger charge is -2.14. The molecule has 0 radical (unpaired) electrons. The van der Waals surface area contributed by atoms with E-state index >= 15 is 0 Å². The summed E-state index contributed by atoms with van der Waals surface area (Å²) in [5.74, 6) is 0.774. The van der Waals surface area contributed by atoms with E-state index in [-0.39, 0.29) is 5.91 Å². The molecule has 29 heavy (non-hydrogen) atoms. The lowest BCUT2D eigenvalue weighted by Crippen LogP contribution is -2.13. The van der Waals surface area contributed by atoms with Crippen LogP contribution in [0.3, 0.4) is 0 Å². The van der Waals surface area contributed by atoms with E-state index in [9.17, 15) is 4.79 Å². The highest BCUT2D eigenvalue weighted by Gasteiger charge is 2.17. The number of methoxy groups -OCH3 is 1. The number of halogens is 2. The fraction of sp³-hybridized carbons (Fsp3) is 0.200. The van der Waals surface area contributed by atoms with Crippen molar-refractivity contribution in [3.8, 4) is 22.8 Å². The van der Waals surface area contributed by atoms with E-state index in [0.717, 1.165) is 0 Å². The van der Waals surface area contributed by atoms with E-state index in [0.29, 0.717) is 57.2 Å². The van der Waals surface area contributed by atoms with Crippen LogP contribution in [-0.2, 0) is 7.05 Å². The van der Waals surface area contributed by atoms with Gasteiger partial charge in [0.1, 0.15) is 18.1 Å². The molecule has 2 aromatic carbocycles. The molecule has 0 aliphatic rings. The van der Waals surface area contributed by atoms with Gasteiger partial charge in [0.05, 0.1) is 29.0 Å². The Balaban J connectivity index is 1.93. The Labute approximate surface area is 178 Å². The molecule has 1 amide bonds. The van der Waals surface area contributed by atoms with Crippen molar-refractivity contribution in [1.82, 2.24) is 9.78 Å². The monoisotopic (exact) mass is 434 g/mol. The van der Waals surface area contributed by atoms with E-state index in [1.165, 1.54) is 7.11 Å². The van der Waals surface area contributed by atoms with Gasteiger partial charge >= 0.3 is 0 Å². The number of carbonyl (C=O) groups excluding carboxylic acids is 1. The summed E-state index contributed by atoms with van der Waals surface area (Å²) in [5, 5.41) is 7.85. The van der Waals surface area contributed by atoms with Gasteiger partial charge in [-0.25, -0.2) is 0 Å². The molecule has 9 heteroatoms. The van der Waals surface area contributed by atoms with E-state index in [1.807, 2.05) is 0 Å². The number of aryl methyl sites for hydroxylation is 1. The van der Waals surface area contributed by atoms with Crippen LogP contribution in [0.15, 0.2) is 42.6 Å². The van der Waals surface area contributed by atoms with Gasteiger partial charge in [0.2, 0.25) is 0 Å². The molecule has 0 aliphatic heterocycles. The zero-order chi connectivity index (χ0) is 21.0. The normalized spacial score (nSPS) is 10.7. The SMILES string of the molecule is COc1ccc(C(=O)Nc2ccc(OCCN)c(-c3c(Cl)cnn3C)c2)cc1Cl. The maximum atomic E-state index is 12.7. The van der Waals surface area contributed by atoms with E-state index in [2.05, 4.69) is 10.4 Å². The largest absolute Gasteiger partial charge is 0.495 e. The summed E-state index contributed by atoms with van der Waals surface area (Å²) in [6, 6.07) is 10.1. The Morgan fingerprint density at radius 3 is 2.55 bits per heavy atom. The first kappa shape index (κ1) is 21.0. The first-order valence-corrected chi connectivity index (χ1v) is 9.50. The van der Waals surface area contributed by atoms with Crippen molar-refractivity contribution in [1.29, 1.82) is 0 Å². The second-order valence-corrected chi connectivity index (χ2v) is 6.93. The first-order valence-electron chi connectivity index (χ1n) is 8.74. The van der Waals surface area contributed by atoms with Crippen molar-refractivity contribution in [2.75, 3.05) is 25.6 Å². The van der Waals surface area contributed by atoms with Gasteiger partial charge in [0.25, 0.3) is 5.91 Å². The van der Waals surface area contributed by atoms with Crippen LogP contribution in [0, 0.1) is 0 Å². The van der Waals surface area contributed by atoms with Gasteiger partial charge in [-0.3, -0.25) is 9.48 Å². The van der Waals surface area contributed by atoms with Crippen molar-refractivity contribution < 1.29 is 14.3 Å². The highest BCUT2D eigenvalue weighted by molar-refractivity contribution is 6.33. The topological polar surface area (TPSA) is 91.4 Å². The molecular formula is C20H20Cl2N4O3. The van der Waals surface area contributed by atoms with E-state index < -0.39 is 0 Å². The third-order valence-corrected chi connectivity index (χ3v) is 4.75. The number of carbonyl (C=O) groups is 1. The summed E-state index contributed by atoms with van der Waals surface area (Å²) in [6.45, 7) is 0.716. The molecular weight excluding hydrogens is 415 g/mol. The van der Waals surface area contributed by atoms with Gasteiger partial charge in [0.15, 0.2) is 0 Å². The molecule has 152 valence electrons. The number of benzene rings is 2. The van der Waals surface area contributed by atoms with Gasteiger partial charge in [-0.15, -0.1) is 0 Å². The summed E-state index contributed by atoms with van der Waals surface area (Å²) in [6.07, 6.45) is 1.55. The number of amides is 1. The van der Waals surface area contributed by atoms with Gasteiger partial charge in [-0.05, 0) is 36.4 Å². The molecule has 0 fully saturated rings. The Morgan fingerprint density at radius 2 is 1.93 bits per heavy atom. The Morgan fingerprint density at radius 1 is 1.17 bits per heavy atom. The van der Waals surface area contributed by atoms with Crippen molar-refractivity contribution in [3.05, 3.63) is 58.2 Å². The minimum absolute atomic E-state index is 0.313. The zero-order valence-corrected chi connectivity index (χ0v) is 17.4. The van der Waals surface area contributed by atoms with Crippen LogP contribution in [0.5, 0.6) is 11.5 Å². The van der Waals surface area contributed by atoms with Crippen molar-refractivity contribution in [2.45, 2.75) is 0 Å². The molecule has 1 aromatic heterocycles. The lowest BCUT2D eigenvalue weighted by atomic mass is 10.1. The van der Waals surface area contributed by atoms with Crippen LogP contribution in [0.2, 0.25) is 10.0 Å². The standard InChI is InChI=1S/C20H20Cl2N4O3/c1-26-19(16(22)11-24-26)14-10-13(4-6-17(14)29-8-7-23)25-20(27)12-3-5-18(28-2)15(21)9-12/h3-6,9-11H,7-8,23H2,1-2H3,(H,25,27). The number of hydrogen-bond acceptors (Lipinski definition) is 5. The number of ether oxygens (including phenoxy) is 2. The number of nitrogens with zero attached hydrogens (tertiary/aromatic N) is 2. The van der Waals surface area contributed by atoms with Crippen LogP contribution in [0.1, 0.15) is 10.4 Å². The van der Waals surface area contributed by atoms with Gasteiger partial charge in [-0.1, -0.05) is 23.2 Å². The van der Waals surface area contributed by atoms with Crippen molar-refractivity contribution in [2.24, 2.45) is 12.8 Å². The molecule has 3 aromatic rings. The van der Waals surface area contributed by atoms with Crippen LogP contribution in [-0.4, -0.2) is 35.9 Å². The number of hydrogen-bond donors (Lipinski definition) is 2. The molecule has 1 heterocycles. The summed E-state index contributed by atoms with van der Waals surface area (Å²) in [4.78, 5) is 12.7. The van der Waals surface area contributed by atoms with Crippen molar-refractivity contribution in [3.63, 3.8) is 0 Å². The minimum Gasteiger partial charge on any atom is -0.495 e. The maximum absolute atomic E-state index is 12.7. The minimum atomic E-state index is -0.313. The molecule has 0 saturated heterocycles. The smallest absolute Gasteiger partial charge is 0.255 e. The third-order valence-electron chi connectivity index (χ3n) is 4.18. The summed E-state index contributed by atoms with van der Waals surface area (Å²) in [7, 11) is 3.29. The molecule has 3 N–H and O–H groups in total. The second kappa shape index (κ2) is 9.17. The fourth-order valence-corrected chi connectivity index (χ4v) is 3.34. The average molecular weight is 435 g/mol. The number of nitrogens with one attached hydrogen (secondary N) is 1. The molecule has 0 saturated carbocycles. The number of rotatable bonds is 7. The van der Waals surface area contributed by atoms with E-state index in [4.69, 9.17) is 38.4 Å². The number of nitrogens with two attached hydrogens (primary N) is 1. The molecule has 3 rings (SSSR count). The Bertz CT molecular complexity index is 1020. The maximum Gasteiger partial charge on any atom is 0.255 e. The van der Waals surface area contributed by atoms with Crippen LogP contribution < -0.4 is 20.5 Å². The number of anilines is 1. The zero-order valence-electron chi connectivity index (χ0n) is 15.9. The molecule has 0 spiro atoms. The van der Waals surface area contributed by atoms with Gasteiger partial charge in [0, 0.05) is 30.4 Å². The summed E-state index contributed by atoms with van der Waals surface area (Å²) < 4.78 is 12.5. The van der Waals surface area contributed by atoms with Gasteiger partial charge < -0.3 is 20.5 Å². The molecule has 0 atom stereocenters. The van der Waals surface area contributed by atoms with Gasteiger partial charge in [-0.2, -0.15) is 5.10 Å². The molecule has 0 bridgehead atoms. The molecule has 7 nitrogen and oxygen atoms in total. The van der Waals surface area contributed by atoms with Crippen molar-refractivity contribution >= 4 is 34.8 Å². The molecule has 0 aliphatic carbocycles.